The number of likely N-dealkylation sites (N-methyl/N-ethyl adjacent to an activating group) is 2. The first kappa shape index (κ1) is 14.7. The number of carbonyl (C=O) groups excluding carboxylic acids is 1. The Balaban J connectivity index is 2.38. The predicted octanol–water partition coefficient (Wildman–Crippen LogP) is 2.02. The number of hydrogen-bond acceptors (Lipinski definition) is 3. The summed E-state index contributed by atoms with van der Waals surface area (Å²) in [4.78, 5) is 16.7. The molecule has 1 fully saturated rings. The van der Waals surface area contributed by atoms with E-state index in [1.54, 1.807) is 0 Å². The minimum atomic E-state index is 0.426. The van der Waals surface area contributed by atoms with Gasteiger partial charge < -0.3 is 9.80 Å². The summed E-state index contributed by atoms with van der Waals surface area (Å²) in [5.74, 6) is 1.04. The normalized spacial score (nSPS) is 23.2. The Morgan fingerprint density at radius 1 is 1.24 bits per heavy atom. The van der Waals surface area contributed by atoms with E-state index in [0.29, 0.717) is 17.7 Å². The van der Waals surface area contributed by atoms with Crippen molar-refractivity contribution in [1.82, 2.24) is 9.80 Å². The van der Waals surface area contributed by atoms with E-state index < -0.39 is 0 Å². The van der Waals surface area contributed by atoms with Crippen molar-refractivity contribution in [3.05, 3.63) is 0 Å². The van der Waals surface area contributed by atoms with Gasteiger partial charge in [-0.3, -0.25) is 4.79 Å². The molecule has 3 nitrogen and oxygen atoms in total. The Hall–Kier alpha value is -0.410. The Morgan fingerprint density at radius 2 is 1.88 bits per heavy atom. The van der Waals surface area contributed by atoms with Crippen LogP contribution in [-0.2, 0) is 4.79 Å². The van der Waals surface area contributed by atoms with Gasteiger partial charge in [0.15, 0.2) is 0 Å². The van der Waals surface area contributed by atoms with Crippen LogP contribution in [0.4, 0.5) is 0 Å². The molecule has 0 aromatic heterocycles. The van der Waals surface area contributed by atoms with Crippen LogP contribution in [0.1, 0.15) is 39.5 Å². The maximum absolute atomic E-state index is 12.0. The lowest BCUT2D eigenvalue weighted by Gasteiger charge is -2.37. The third kappa shape index (κ3) is 4.76. The van der Waals surface area contributed by atoms with Gasteiger partial charge in [0.05, 0.1) is 0 Å². The standard InChI is InChI=1S/C14H28N2O/c1-5-12(6-2)9-14(17)10-13-11-15(3)7-8-16(13)4/h12-13H,5-11H2,1-4H3. The molecule has 1 aliphatic heterocycles. The Kier molecular flexibility index (Phi) is 6.14. The monoisotopic (exact) mass is 240 g/mol. The molecule has 100 valence electrons. The summed E-state index contributed by atoms with van der Waals surface area (Å²) < 4.78 is 0. The summed E-state index contributed by atoms with van der Waals surface area (Å²) in [6.07, 6.45) is 3.77. The van der Waals surface area contributed by atoms with Crippen LogP contribution in [0, 0.1) is 5.92 Å². The summed E-state index contributed by atoms with van der Waals surface area (Å²) in [5, 5.41) is 0. The summed E-state index contributed by atoms with van der Waals surface area (Å²) in [7, 11) is 4.29. The van der Waals surface area contributed by atoms with E-state index in [2.05, 4.69) is 37.7 Å². The third-order valence-corrected chi connectivity index (χ3v) is 4.11. The molecule has 1 unspecified atom stereocenters. The van der Waals surface area contributed by atoms with Gasteiger partial charge in [-0.2, -0.15) is 0 Å². The molecule has 0 bridgehead atoms. The highest BCUT2D eigenvalue weighted by Crippen LogP contribution is 2.17. The van der Waals surface area contributed by atoms with E-state index in [1.807, 2.05) is 0 Å². The largest absolute Gasteiger partial charge is 0.304 e. The van der Waals surface area contributed by atoms with Crippen molar-refractivity contribution < 1.29 is 4.79 Å². The number of carbonyl (C=O) groups is 1. The molecule has 3 heteroatoms. The fraction of sp³-hybridized carbons (Fsp3) is 0.929. The van der Waals surface area contributed by atoms with Crippen LogP contribution in [0.25, 0.3) is 0 Å². The van der Waals surface area contributed by atoms with Crippen molar-refractivity contribution in [1.29, 1.82) is 0 Å². The highest BCUT2D eigenvalue weighted by molar-refractivity contribution is 5.79. The van der Waals surface area contributed by atoms with Gasteiger partial charge in [-0.1, -0.05) is 26.7 Å². The molecule has 1 heterocycles. The molecule has 0 radical (unpaired) electrons. The van der Waals surface area contributed by atoms with Gasteiger partial charge in [0.25, 0.3) is 0 Å². The van der Waals surface area contributed by atoms with Gasteiger partial charge in [0.1, 0.15) is 5.78 Å². The summed E-state index contributed by atoms with van der Waals surface area (Å²) in [6, 6.07) is 0.426. The summed E-state index contributed by atoms with van der Waals surface area (Å²) >= 11 is 0. The molecule has 17 heavy (non-hydrogen) atoms. The number of Topliss-reactive ketones (excluding diaryl/α,β-unsaturated/α-hetero) is 1. The topological polar surface area (TPSA) is 23.6 Å². The first-order valence-electron chi connectivity index (χ1n) is 6.97. The van der Waals surface area contributed by atoms with Crippen LogP contribution >= 0.6 is 0 Å². The molecule has 0 N–H and O–H groups in total. The van der Waals surface area contributed by atoms with Crippen molar-refractivity contribution in [3.8, 4) is 0 Å². The van der Waals surface area contributed by atoms with Gasteiger partial charge in [-0.05, 0) is 20.0 Å². The SMILES string of the molecule is CCC(CC)CC(=O)CC1CN(C)CCN1C. The maximum atomic E-state index is 12.0. The van der Waals surface area contributed by atoms with Gasteiger partial charge >= 0.3 is 0 Å². The Bertz CT molecular complexity index is 238. The Morgan fingerprint density at radius 3 is 2.47 bits per heavy atom. The molecule has 0 amide bonds. The highest BCUT2D eigenvalue weighted by Gasteiger charge is 2.24. The van der Waals surface area contributed by atoms with Crippen molar-refractivity contribution in [3.63, 3.8) is 0 Å². The lowest BCUT2D eigenvalue weighted by atomic mass is 9.93. The third-order valence-electron chi connectivity index (χ3n) is 4.11. The number of hydrogen-bond donors (Lipinski definition) is 0. The molecule has 1 rings (SSSR count). The second kappa shape index (κ2) is 7.12. The zero-order chi connectivity index (χ0) is 12.8. The minimum absolute atomic E-state index is 0.426. The van der Waals surface area contributed by atoms with Crippen LogP contribution in [-0.4, -0.2) is 55.4 Å². The molecule has 1 saturated heterocycles. The van der Waals surface area contributed by atoms with Crippen molar-refractivity contribution in [2.75, 3.05) is 33.7 Å². The van der Waals surface area contributed by atoms with Crippen molar-refractivity contribution in [2.24, 2.45) is 5.92 Å². The zero-order valence-corrected chi connectivity index (χ0v) is 11.9. The number of nitrogens with zero attached hydrogens (tertiary/aromatic N) is 2. The van der Waals surface area contributed by atoms with Crippen LogP contribution in [0.3, 0.4) is 0 Å². The maximum Gasteiger partial charge on any atom is 0.134 e. The lowest BCUT2D eigenvalue weighted by Crippen LogP contribution is -2.50. The molecular weight excluding hydrogens is 212 g/mol. The molecule has 0 spiro atoms. The van der Waals surface area contributed by atoms with Crippen LogP contribution in [0.5, 0.6) is 0 Å². The van der Waals surface area contributed by atoms with Crippen LogP contribution < -0.4 is 0 Å². The highest BCUT2D eigenvalue weighted by atomic mass is 16.1. The van der Waals surface area contributed by atoms with Gasteiger partial charge in [-0.15, -0.1) is 0 Å². The second-order valence-electron chi connectivity index (χ2n) is 5.53. The number of rotatable bonds is 6. The lowest BCUT2D eigenvalue weighted by molar-refractivity contribution is -0.121. The van der Waals surface area contributed by atoms with E-state index in [9.17, 15) is 4.79 Å². The van der Waals surface area contributed by atoms with E-state index in [0.717, 1.165) is 45.3 Å². The van der Waals surface area contributed by atoms with Crippen LogP contribution in [0.2, 0.25) is 0 Å². The molecule has 1 aliphatic rings. The minimum Gasteiger partial charge on any atom is -0.304 e. The zero-order valence-electron chi connectivity index (χ0n) is 11.9. The molecule has 0 aromatic rings. The molecule has 0 aromatic carbocycles. The number of ketones is 1. The van der Waals surface area contributed by atoms with Gasteiger partial charge in [0.2, 0.25) is 0 Å². The predicted molar refractivity (Wildman–Crippen MR) is 72.2 cm³/mol. The fourth-order valence-corrected chi connectivity index (χ4v) is 2.57. The first-order chi connectivity index (χ1) is 8.06. The first-order valence-corrected chi connectivity index (χ1v) is 6.97. The molecular formula is C14H28N2O. The van der Waals surface area contributed by atoms with Crippen LogP contribution in [0.15, 0.2) is 0 Å². The average molecular weight is 240 g/mol. The summed E-state index contributed by atoms with van der Waals surface area (Å²) in [6.45, 7) is 7.60. The van der Waals surface area contributed by atoms with Crippen molar-refractivity contribution in [2.45, 2.75) is 45.6 Å². The van der Waals surface area contributed by atoms with Gasteiger partial charge in [-0.25, -0.2) is 0 Å². The van der Waals surface area contributed by atoms with Crippen molar-refractivity contribution >= 4 is 5.78 Å². The molecule has 0 saturated carbocycles. The van der Waals surface area contributed by atoms with Gasteiger partial charge in [0, 0.05) is 38.5 Å². The van der Waals surface area contributed by atoms with E-state index in [4.69, 9.17) is 0 Å². The van der Waals surface area contributed by atoms with E-state index in [1.165, 1.54) is 0 Å². The average Bonchev–Trinajstić information content (AvgIpc) is 2.31. The molecule has 0 aliphatic carbocycles. The van der Waals surface area contributed by atoms with E-state index in [-0.39, 0.29) is 0 Å². The molecule has 1 atom stereocenters. The summed E-state index contributed by atoms with van der Waals surface area (Å²) in [5.41, 5.74) is 0. The fourth-order valence-electron chi connectivity index (χ4n) is 2.57. The number of piperazine rings is 1. The van der Waals surface area contributed by atoms with E-state index >= 15 is 0 Å². The second-order valence-corrected chi connectivity index (χ2v) is 5.53. The smallest absolute Gasteiger partial charge is 0.134 e. The Labute approximate surface area is 106 Å². The quantitative estimate of drug-likeness (QED) is 0.709.